The molecular weight excluding hydrogens is 280 g/mol. The van der Waals surface area contributed by atoms with E-state index in [1.54, 1.807) is 11.3 Å². The number of hydrogen-bond acceptors (Lipinski definition) is 2. The molecule has 0 aliphatic rings. The molecule has 0 saturated heterocycles. The second-order valence-electron chi connectivity index (χ2n) is 5.41. The maximum atomic E-state index is 12.0. The summed E-state index contributed by atoms with van der Waals surface area (Å²) in [7, 11) is 0. The summed E-state index contributed by atoms with van der Waals surface area (Å²) < 4.78 is 2.31. The van der Waals surface area contributed by atoms with Crippen LogP contribution in [0.4, 0.5) is 0 Å². The molecule has 0 aliphatic carbocycles. The van der Waals surface area contributed by atoms with Gasteiger partial charge in [-0.15, -0.1) is 0 Å². The molecule has 114 valence electrons. The zero-order valence-electron chi connectivity index (χ0n) is 13.1. The van der Waals surface area contributed by atoms with E-state index < -0.39 is 0 Å². The highest BCUT2D eigenvalue weighted by Crippen LogP contribution is 2.35. The number of nitrogens with zero attached hydrogens (tertiary/aromatic N) is 1. The van der Waals surface area contributed by atoms with Crippen LogP contribution >= 0.6 is 11.3 Å². The van der Waals surface area contributed by atoms with Gasteiger partial charge in [-0.05, 0) is 42.2 Å². The van der Waals surface area contributed by atoms with Crippen LogP contribution in [0.15, 0.2) is 16.8 Å². The number of thiophene rings is 1. The lowest BCUT2D eigenvalue weighted by molar-refractivity contribution is 0.1000. The average molecular weight is 304 g/mol. The standard InChI is InChI=1S/C17H24N2OS/c1-4-6-9-19-12(3)15(17(18)20)16(14(19)7-5-2)13-8-10-21-11-13/h8,10-11H,4-7,9H2,1-3H3,(H2,18,20). The van der Waals surface area contributed by atoms with E-state index in [9.17, 15) is 4.79 Å². The Morgan fingerprint density at radius 2 is 2.10 bits per heavy atom. The van der Waals surface area contributed by atoms with E-state index >= 15 is 0 Å². The average Bonchev–Trinajstić information content (AvgIpc) is 3.04. The quantitative estimate of drug-likeness (QED) is 0.811. The zero-order valence-corrected chi connectivity index (χ0v) is 13.9. The lowest BCUT2D eigenvalue weighted by Crippen LogP contribution is -2.13. The first-order valence-corrected chi connectivity index (χ1v) is 8.60. The molecule has 2 aromatic heterocycles. The van der Waals surface area contributed by atoms with E-state index in [1.165, 1.54) is 5.69 Å². The van der Waals surface area contributed by atoms with Crippen LogP contribution in [0.1, 0.15) is 54.9 Å². The molecule has 0 bridgehead atoms. The normalized spacial score (nSPS) is 11.0. The number of hydrogen-bond donors (Lipinski definition) is 1. The van der Waals surface area contributed by atoms with Gasteiger partial charge in [-0.2, -0.15) is 11.3 Å². The van der Waals surface area contributed by atoms with Gasteiger partial charge in [0.2, 0.25) is 0 Å². The van der Waals surface area contributed by atoms with Gasteiger partial charge in [-0.3, -0.25) is 4.79 Å². The number of aromatic nitrogens is 1. The second-order valence-corrected chi connectivity index (χ2v) is 6.19. The minimum absolute atomic E-state index is 0.318. The summed E-state index contributed by atoms with van der Waals surface area (Å²) in [5.41, 5.74) is 10.8. The molecule has 0 unspecified atom stereocenters. The first-order valence-electron chi connectivity index (χ1n) is 7.66. The van der Waals surface area contributed by atoms with Gasteiger partial charge in [0, 0.05) is 23.5 Å². The van der Waals surface area contributed by atoms with Gasteiger partial charge in [-0.1, -0.05) is 26.7 Å². The molecule has 2 aromatic rings. The predicted octanol–water partition coefficient (Wildman–Crippen LogP) is 4.38. The number of primary amides is 1. The molecule has 0 radical (unpaired) electrons. The molecule has 1 amide bonds. The number of amides is 1. The van der Waals surface area contributed by atoms with Crippen molar-refractivity contribution in [2.24, 2.45) is 5.73 Å². The van der Waals surface area contributed by atoms with Crippen molar-refractivity contribution in [3.05, 3.63) is 33.8 Å². The Morgan fingerprint density at radius 3 is 2.62 bits per heavy atom. The summed E-state index contributed by atoms with van der Waals surface area (Å²) in [6, 6.07) is 2.08. The van der Waals surface area contributed by atoms with Crippen LogP contribution < -0.4 is 5.73 Å². The third-order valence-corrected chi connectivity index (χ3v) is 4.59. The molecule has 0 aromatic carbocycles. The van der Waals surface area contributed by atoms with Crippen molar-refractivity contribution in [3.63, 3.8) is 0 Å². The summed E-state index contributed by atoms with van der Waals surface area (Å²) in [5, 5.41) is 4.15. The molecule has 0 aliphatic heterocycles. The molecule has 2 heterocycles. The maximum Gasteiger partial charge on any atom is 0.251 e. The van der Waals surface area contributed by atoms with E-state index in [4.69, 9.17) is 5.73 Å². The predicted molar refractivity (Wildman–Crippen MR) is 89.9 cm³/mol. The highest BCUT2D eigenvalue weighted by Gasteiger charge is 2.24. The highest BCUT2D eigenvalue weighted by molar-refractivity contribution is 7.08. The smallest absolute Gasteiger partial charge is 0.251 e. The van der Waals surface area contributed by atoms with E-state index in [1.807, 2.05) is 6.92 Å². The Labute approximate surface area is 130 Å². The van der Waals surface area contributed by atoms with Gasteiger partial charge < -0.3 is 10.3 Å². The van der Waals surface area contributed by atoms with Crippen molar-refractivity contribution < 1.29 is 4.79 Å². The van der Waals surface area contributed by atoms with Crippen LogP contribution in [0.5, 0.6) is 0 Å². The number of unbranched alkanes of at least 4 members (excludes halogenated alkanes) is 1. The van der Waals surface area contributed by atoms with Crippen molar-refractivity contribution >= 4 is 17.2 Å². The molecule has 0 spiro atoms. The second kappa shape index (κ2) is 6.94. The Hall–Kier alpha value is -1.55. The monoisotopic (exact) mass is 304 g/mol. The van der Waals surface area contributed by atoms with Gasteiger partial charge in [-0.25, -0.2) is 0 Å². The number of carbonyl (C=O) groups excluding carboxylic acids is 1. The fourth-order valence-electron chi connectivity index (χ4n) is 2.93. The molecule has 2 rings (SSSR count). The van der Waals surface area contributed by atoms with E-state index in [0.717, 1.165) is 49.0 Å². The van der Waals surface area contributed by atoms with Gasteiger partial charge in [0.15, 0.2) is 0 Å². The topological polar surface area (TPSA) is 48.0 Å². The summed E-state index contributed by atoms with van der Waals surface area (Å²) >= 11 is 1.65. The Balaban J connectivity index is 2.66. The van der Waals surface area contributed by atoms with Crippen LogP contribution in [0.2, 0.25) is 0 Å². The Morgan fingerprint density at radius 1 is 1.33 bits per heavy atom. The summed E-state index contributed by atoms with van der Waals surface area (Å²) in [4.78, 5) is 12.0. The molecular formula is C17H24N2OS. The van der Waals surface area contributed by atoms with Crippen molar-refractivity contribution in [3.8, 4) is 11.1 Å². The lowest BCUT2D eigenvalue weighted by Gasteiger charge is -2.11. The largest absolute Gasteiger partial charge is 0.366 e. The Bertz CT molecular complexity index is 611. The van der Waals surface area contributed by atoms with Crippen LogP contribution in [-0.2, 0) is 13.0 Å². The highest BCUT2D eigenvalue weighted by atomic mass is 32.1. The van der Waals surface area contributed by atoms with Gasteiger partial charge in [0.05, 0.1) is 5.56 Å². The molecule has 0 atom stereocenters. The first kappa shape index (κ1) is 15.8. The number of nitrogens with two attached hydrogens (primary N) is 1. The maximum absolute atomic E-state index is 12.0. The minimum atomic E-state index is -0.318. The lowest BCUT2D eigenvalue weighted by atomic mass is 10.0. The molecule has 4 heteroatoms. The van der Waals surface area contributed by atoms with Gasteiger partial charge >= 0.3 is 0 Å². The molecule has 21 heavy (non-hydrogen) atoms. The fourth-order valence-corrected chi connectivity index (χ4v) is 3.58. The minimum Gasteiger partial charge on any atom is -0.366 e. The van der Waals surface area contributed by atoms with Crippen LogP contribution in [0.3, 0.4) is 0 Å². The number of carbonyl (C=O) groups is 1. The van der Waals surface area contributed by atoms with Gasteiger partial charge in [0.1, 0.15) is 0 Å². The first-order chi connectivity index (χ1) is 10.1. The zero-order chi connectivity index (χ0) is 15.4. The molecule has 3 nitrogen and oxygen atoms in total. The molecule has 2 N–H and O–H groups in total. The summed E-state index contributed by atoms with van der Waals surface area (Å²) in [6.07, 6.45) is 4.30. The van der Waals surface area contributed by atoms with Crippen molar-refractivity contribution in [2.45, 2.75) is 53.0 Å². The van der Waals surface area contributed by atoms with Crippen LogP contribution in [0, 0.1) is 6.92 Å². The Kier molecular flexibility index (Phi) is 5.23. The third-order valence-electron chi connectivity index (χ3n) is 3.91. The molecule has 0 saturated carbocycles. The van der Waals surface area contributed by atoms with Crippen molar-refractivity contribution in [2.75, 3.05) is 0 Å². The van der Waals surface area contributed by atoms with E-state index in [-0.39, 0.29) is 5.91 Å². The number of rotatable bonds is 7. The molecule has 0 fully saturated rings. The van der Waals surface area contributed by atoms with Gasteiger partial charge in [0.25, 0.3) is 5.91 Å². The van der Waals surface area contributed by atoms with Crippen LogP contribution in [0.25, 0.3) is 11.1 Å². The van der Waals surface area contributed by atoms with Crippen molar-refractivity contribution in [1.29, 1.82) is 0 Å². The summed E-state index contributed by atoms with van der Waals surface area (Å²) in [5.74, 6) is -0.318. The van der Waals surface area contributed by atoms with Crippen molar-refractivity contribution in [1.82, 2.24) is 4.57 Å². The SMILES string of the molecule is CCCCn1c(C)c(C(N)=O)c(-c2ccsc2)c1CCC. The third kappa shape index (κ3) is 3.05. The van der Waals surface area contributed by atoms with E-state index in [2.05, 4.69) is 35.2 Å². The fraction of sp³-hybridized carbons (Fsp3) is 0.471. The summed E-state index contributed by atoms with van der Waals surface area (Å²) in [6.45, 7) is 7.34. The van der Waals surface area contributed by atoms with Crippen LogP contribution in [-0.4, -0.2) is 10.5 Å². The van der Waals surface area contributed by atoms with E-state index in [0.29, 0.717) is 5.56 Å².